The molecule has 0 aliphatic carbocycles. The number of nitrogens with zero attached hydrogens (tertiary/aromatic N) is 1. The summed E-state index contributed by atoms with van der Waals surface area (Å²) >= 11 is 0. The minimum Gasteiger partial charge on any atom is -0.477 e. The number of carboxylic acids is 1. The van der Waals surface area contributed by atoms with Crippen LogP contribution in [0.2, 0.25) is 0 Å². The molecule has 0 aromatic carbocycles. The minimum atomic E-state index is -0.768. The van der Waals surface area contributed by atoms with Crippen molar-refractivity contribution in [2.45, 2.75) is 71.4 Å². The first-order chi connectivity index (χ1) is 9.93. The topological polar surface area (TPSA) is 57.5 Å². The van der Waals surface area contributed by atoms with Crippen molar-refractivity contribution >= 4 is 5.97 Å². The van der Waals surface area contributed by atoms with E-state index in [-0.39, 0.29) is 0 Å². The van der Waals surface area contributed by atoms with Crippen molar-refractivity contribution in [3.63, 3.8) is 0 Å². The van der Waals surface area contributed by atoms with Crippen LogP contribution in [0.4, 0.5) is 0 Å². The Hall–Kier alpha value is -0.870. The molecule has 0 heterocycles. The number of aliphatic carboxylic acids is 1. The third-order valence-corrected chi connectivity index (χ3v) is 4.29. The van der Waals surface area contributed by atoms with Gasteiger partial charge in [-0.15, -0.1) is 6.58 Å². The van der Waals surface area contributed by atoms with Crippen molar-refractivity contribution in [3.05, 3.63) is 12.7 Å². The Morgan fingerprint density at radius 1 is 1.24 bits per heavy atom. The van der Waals surface area contributed by atoms with E-state index in [1.165, 1.54) is 0 Å². The van der Waals surface area contributed by atoms with Gasteiger partial charge < -0.3 is 14.7 Å². The number of aliphatic hydroxyl groups is 1. The molecule has 0 amide bonds. The van der Waals surface area contributed by atoms with Crippen molar-refractivity contribution in [2.75, 3.05) is 19.6 Å². The predicted octanol–water partition coefficient (Wildman–Crippen LogP) is 3.20. The summed E-state index contributed by atoms with van der Waals surface area (Å²) in [5.74, 6) is -0.768. The largest absolute Gasteiger partial charge is 0.477 e. The zero-order valence-electron chi connectivity index (χ0n) is 14.1. The quantitative estimate of drug-likeness (QED) is 0.312. The Kier molecular flexibility index (Phi) is 10.4. The molecule has 2 atom stereocenters. The molecule has 0 spiro atoms. The number of quaternary nitrogens is 1. The number of hydrogen-bond acceptors (Lipinski definition) is 2. The van der Waals surface area contributed by atoms with E-state index in [0.717, 1.165) is 51.6 Å². The molecular formula is C17H34NO3+. The van der Waals surface area contributed by atoms with Crippen LogP contribution in [0.15, 0.2) is 12.7 Å². The summed E-state index contributed by atoms with van der Waals surface area (Å²) in [6, 6.07) is -0.465. The first kappa shape index (κ1) is 20.1. The van der Waals surface area contributed by atoms with Crippen LogP contribution >= 0.6 is 0 Å². The molecule has 0 radical (unpaired) electrons. The van der Waals surface area contributed by atoms with E-state index in [9.17, 15) is 15.0 Å². The van der Waals surface area contributed by atoms with Gasteiger partial charge in [0.05, 0.1) is 13.1 Å². The second-order valence-electron chi connectivity index (χ2n) is 6.09. The third-order valence-electron chi connectivity index (χ3n) is 4.29. The van der Waals surface area contributed by atoms with E-state index < -0.39 is 18.1 Å². The molecule has 0 aliphatic heterocycles. The van der Waals surface area contributed by atoms with E-state index >= 15 is 0 Å². The van der Waals surface area contributed by atoms with Gasteiger partial charge in [0.25, 0.3) is 0 Å². The number of unbranched alkanes of at least 4 members (excludes halogenated alkanes) is 2. The fourth-order valence-electron chi connectivity index (χ4n) is 3.14. The van der Waals surface area contributed by atoms with Gasteiger partial charge in [-0.2, -0.15) is 0 Å². The summed E-state index contributed by atoms with van der Waals surface area (Å²) in [5, 5.41) is 19.8. The van der Waals surface area contributed by atoms with Gasteiger partial charge in [-0.25, -0.2) is 4.79 Å². The maximum atomic E-state index is 11.5. The molecule has 0 bridgehead atoms. The number of rotatable bonds is 13. The Bertz CT molecular complexity index is 298. The van der Waals surface area contributed by atoms with Gasteiger partial charge in [-0.3, -0.25) is 0 Å². The van der Waals surface area contributed by atoms with E-state index in [0.29, 0.717) is 11.0 Å². The summed E-state index contributed by atoms with van der Waals surface area (Å²) in [6.45, 7) is 11.8. The summed E-state index contributed by atoms with van der Waals surface area (Å²) in [6.07, 6.45) is 7.06. The highest BCUT2D eigenvalue weighted by Crippen LogP contribution is 2.20. The standard InChI is InChI=1S/C17H33NO3/c1-5-8-9-10-11-16(19)14-18(12-6-2,13-7-3)15(4)17(20)21/h5,15-16,19H,1,6-14H2,2-4H3/p+1. The van der Waals surface area contributed by atoms with Crippen LogP contribution in [-0.2, 0) is 4.79 Å². The smallest absolute Gasteiger partial charge is 0.362 e. The molecule has 2 unspecified atom stereocenters. The molecule has 0 saturated heterocycles. The van der Waals surface area contributed by atoms with Crippen LogP contribution in [0.1, 0.15) is 59.3 Å². The molecule has 0 fully saturated rings. The summed E-state index contributed by atoms with van der Waals surface area (Å²) in [5.41, 5.74) is 0. The lowest BCUT2D eigenvalue weighted by atomic mass is 10.1. The first-order valence-electron chi connectivity index (χ1n) is 8.31. The van der Waals surface area contributed by atoms with E-state index in [2.05, 4.69) is 20.4 Å². The summed E-state index contributed by atoms with van der Waals surface area (Å²) in [7, 11) is 0. The van der Waals surface area contributed by atoms with Crippen LogP contribution < -0.4 is 0 Å². The summed E-state index contributed by atoms with van der Waals surface area (Å²) in [4.78, 5) is 11.5. The number of hydrogen-bond donors (Lipinski definition) is 2. The normalized spacial score (nSPS) is 14.7. The second-order valence-corrected chi connectivity index (χ2v) is 6.09. The second kappa shape index (κ2) is 10.8. The zero-order valence-corrected chi connectivity index (χ0v) is 14.1. The number of carbonyl (C=O) groups is 1. The lowest BCUT2D eigenvalue weighted by Gasteiger charge is -2.43. The molecule has 21 heavy (non-hydrogen) atoms. The number of carboxylic acid groups (broad SMARTS) is 1. The first-order valence-corrected chi connectivity index (χ1v) is 8.31. The molecule has 0 saturated carbocycles. The van der Waals surface area contributed by atoms with E-state index in [4.69, 9.17) is 0 Å². The lowest BCUT2D eigenvalue weighted by molar-refractivity contribution is -0.944. The van der Waals surface area contributed by atoms with Gasteiger partial charge in [0, 0.05) is 0 Å². The maximum absolute atomic E-state index is 11.5. The molecule has 4 nitrogen and oxygen atoms in total. The fourth-order valence-corrected chi connectivity index (χ4v) is 3.14. The predicted molar refractivity (Wildman–Crippen MR) is 87.2 cm³/mol. The van der Waals surface area contributed by atoms with E-state index in [1.54, 1.807) is 6.92 Å². The van der Waals surface area contributed by atoms with Crippen LogP contribution in [0.3, 0.4) is 0 Å². The molecule has 0 aromatic heterocycles. The highest BCUT2D eigenvalue weighted by molar-refractivity contribution is 5.71. The van der Waals surface area contributed by atoms with Crippen LogP contribution in [-0.4, -0.2) is 52.4 Å². The molecule has 0 aromatic rings. The monoisotopic (exact) mass is 300 g/mol. The van der Waals surface area contributed by atoms with Crippen molar-refractivity contribution in [1.29, 1.82) is 0 Å². The highest BCUT2D eigenvalue weighted by Gasteiger charge is 2.38. The maximum Gasteiger partial charge on any atom is 0.362 e. The van der Waals surface area contributed by atoms with Gasteiger partial charge in [0.1, 0.15) is 12.6 Å². The Labute approximate surface area is 130 Å². The Morgan fingerprint density at radius 3 is 2.24 bits per heavy atom. The molecule has 2 N–H and O–H groups in total. The molecule has 4 heteroatoms. The van der Waals surface area contributed by atoms with Gasteiger partial charge in [-0.1, -0.05) is 26.3 Å². The van der Waals surface area contributed by atoms with Gasteiger partial charge in [0.2, 0.25) is 0 Å². The van der Waals surface area contributed by atoms with Crippen molar-refractivity contribution in [2.24, 2.45) is 0 Å². The number of aliphatic hydroxyl groups excluding tert-OH is 1. The van der Waals surface area contributed by atoms with Gasteiger partial charge in [-0.05, 0) is 39.0 Å². The van der Waals surface area contributed by atoms with Crippen molar-refractivity contribution in [3.8, 4) is 0 Å². The highest BCUT2D eigenvalue weighted by atomic mass is 16.4. The molecular weight excluding hydrogens is 266 g/mol. The van der Waals surface area contributed by atoms with E-state index in [1.807, 2.05) is 6.08 Å². The van der Waals surface area contributed by atoms with Crippen molar-refractivity contribution in [1.82, 2.24) is 0 Å². The molecule has 0 rings (SSSR count). The average molecular weight is 300 g/mol. The molecule has 0 aliphatic rings. The van der Waals surface area contributed by atoms with Crippen LogP contribution in [0.25, 0.3) is 0 Å². The zero-order chi connectivity index (χ0) is 16.3. The average Bonchev–Trinajstić information content (AvgIpc) is 2.43. The Morgan fingerprint density at radius 2 is 1.81 bits per heavy atom. The van der Waals surface area contributed by atoms with Gasteiger partial charge in [0.15, 0.2) is 6.04 Å². The lowest BCUT2D eigenvalue weighted by Crippen LogP contribution is -2.61. The SMILES string of the molecule is C=CCCCCC(O)C[N+](CCC)(CCC)C(C)C(=O)O. The van der Waals surface area contributed by atoms with Crippen LogP contribution in [0.5, 0.6) is 0 Å². The fraction of sp³-hybridized carbons (Fsp3) is 0.824. The third kappa shape index (κ3) is 7.09. The molecule has 124 valence electrons. The minimum absolute atomic E-state index is 0.422. The summed E-state index contributed by atoms with van der Waals surface area (Å²) < 4.78 is 0.491. The Balaban J connectivity index is 4.77. The van der Waals surface area contributed by atoms with Crippen molar-refractivity contribution < 1.29 is 19.5 Å². The van der Waals surface area contributed by atoms with Gasteiger partial charge >= 0.3 is 5.97 Å². The van der Waals surface area contributed by atoms with Crippen LogP contribution in [0, 0.1) is 0 Å². The number of allylic oxidation sites excluding steroid dienone is 1.